The number of amides is 1. The van der Waals surface area contributed by atoms with Gasteiger partial charge >= 0.3 is 0 Å². The fourth-order valence-corrected chi connectivity index (χ4v) is 3.91. The predicted octanol–water partition coefficient (Wildman–Crippen LogP) is 2.78. The largest absolute Gasteiger partial charge is 0.485 e. The highest BCUT2D eigenvalue weighted by Crippen LogP contribution is 2.24. The molecule has 3 rings (SSSR count). The van der Waals surface area contributed by atoms with Crippen molar-refractivity contribution >= 4 is 15.7 Å². The lowest BCUT2D eigenvalue weighted by molar-refractivity contribution is -0.131. The predicted molar refractivity (Wildman–Crippen MR) is 122 cm³/mol. The molecular weight excluding hydrogens is 462 g/mol. The van der Waals surface area contributed by atoms with E-state index in [4.69, 9.17) is 19.2 Å². The number of ether oxygens (including phenoxy) is 2. The lowest BCUT2D eigenvalue weighted by Crippen LogP contribution is -2.49. The molecule has 2 N–H and O–H groups in total. The summed E-state index contributed by atoms with van der Waals surface area (Å²) >= 11 is 0. The van der Waals surface area contributed by atoms with Gasteiger partial charge in [0.2, 0.25) is 5.82 Å². The molecule has 0 fully saturated rings. The van der Waals surface area contributed by atoms with Gasteiger partial charge in [-0.25, -0.2) is 13.9 Å². The molecule has 1 atom stereocenters. The third-order valence-corrected chi connectivity index (χ3v) is 7.50. The second kappa shape index (κ2) is 10.7. The summed E-state index contributed by atoms with van der Waals surface area (Å²) < 4.78 is 38.8. The molecule has 0 aliphatic carbocycles. The van der Waals surface area contributed by atoms with Gasteiger partial charge in [0.05, 0.1) is 0 Å². The number of nitrogens with one attached hydrogen (secondary N) is 1. The van der Waals surface area contributed by atoms with Crippen LogP contribution in [0.5, 0.6) is 11.5 Å². The second-order valence-electron chi connectivity index (χ2n) is 8.08. The summed E-state index contributed by atoms with van der Waals surface area (Å²) in [5.41, 5.74) is 3.39. The molecule has 1 unspecified atom stereocenters. The summed E-state index contributed by atoms with van der Waals surface area (Å²) in [6.07, 6.45) is 1.29. The first-order chi connectivity index (χ1) is 16.1. The molecule has 0 spiro atoms. The first-order valence-corrected chi connectivity index (χ1v) is 12.4. The van der Waals surface area contributed by atoms with E-state index in [1.807, 2.05) is 31.2 Å². The van der Waals surface area contributed by atoms with Gasteiger partial charge in [-0.15, -0.1) is 0 Å². The van der Waals surface area contributed by atoms with Crippen molar-refractivity contribution in [2.24, 2.45) is 0 Å². The number of hydrogen-bond donors (Lipinski definition) is 2. The van der Waals surface area contributed by atoms with E-state index in [0.717, 1.165) is 17.4 Å². The van der Waals surface area contributed by atoms with E-state index in [2.05, 4.69) is 10.1 Å². The minimum Gasteiger partial charge on any atom is -0.485 e. The average Bonchev–Trinajstić information content (AvgIpc) is 3.28. The maximum atomic E-state index is 12.1. The summed E-state index contributed by atoms with van der Waals surface area (Å²) in [5.74, 6) is 1.000. The summed E-state index contributed by atoms with van der Waals surface area (Å²) in [6, 6.07) is 14.6. The van der Waals surface area contributed by atoms with Crippen molar-refractivity contribution in [1.82, 2.24) is 15.6 Å². The Morgan fingerprint density at radius 2 is 1.65 bits per heavy atom. The standard InChI is InChI=1S/C23H27N3O7S/c1-16-4-8-18(9-5-16)31-14-20-24-21(33-26-20)15-32-19-10-6-17(7-11-19)12-13-23(2,22(27)25-28)34(3,29)30/h4-11,28H,12-15H2,1-3H3,(H,25,27). The minimum absolute atomic E-state index is 0.00779. The highest BCUT2D eigenvalue weighted by Gasteiger charge is 2.43. The number of benzene rings is 2. The van der Waals surface area contributed by atoms with Crippen LogP contribution in [-0.2, 0) is 34.3 Å². The van der Waals surface area contributed by atoms with Gasteiger partial charge in [0.25, 0.3) is 11.8 Å². The summed E-state index contributed by atoms with van der Waals surface area (Å²) in [5, 5.41) is 12.8. The van der Waals surface area contributed by atoms with E-state index < -0.39 is 20.5 Å². The van der Waals surface area contributed by atoms with Gasteiger partial charge in [0.1, 0.15) is 16.2 Å². The summed E-state index contributed by atoms with van der Waals surface area (Å²) in [7, 11) is -3.74. The summed E-state index contributed by atoms with van der Waals surface area (Å²) in [6.45, 7) is 3.52. The SMILES string of the molecule is Cc1ccc(OCc2noc(COc3ccc(CCC(C)(C(=O)NO)S(C)(=O)=O)cc3)n2)cc1. The Kier molecular flexibility index (Phi) is 7.90. The Morgan fingerprint density at radius 3 is 2.24 bits per heavy atom. The lowest BCUT2D eigenvalue weighted by atomic mass is 9.99. The van der Waals surface area contributed by atoms with Crippen LogP contribution in [0.25, 0.3) is 0 Å². The van der Waals surface area contributed by atoms with Crippen LogP contribution in [0.3, 0.4) is 0 Å². The van der Waals surface area contributed by atoms with E-state index in [9.17, 15) is 13.2 Å². The number of carbonyl (C=O) groups excluding carboxylic acids is 1. The highest BCUT2D eigenvalue weighted by molar-refractivity contribution is 7.92. The van der Waals surface area contributed by atoms with Gasteiger partial charge < -0.3 is 14.0 Å². The Bertz CT molecular complexity index is 1210. The van der Waals surface area contributed by atoms with Gasteiger partial charge in [-0.2, -0.15) is 4.98 Å². The van der Waals surface area contributed by atoms with Gasteiger partial charge in [0.15, 0.2) is 23.1 Å². The van der Waals surface area contributed by atoms with Crippen LogP contribution in [0, 0.1) is 6.92 Å². The smallest absolute Gasteiger partial charge is 0.264 e. The molecule has 0 radical (unpaired) electrons. The normalized spacial score (nSPS) is 13.2. The van der Waals surface area contributed by atoms with E-state index in [1.165, 1.54) is 12.4 Å². The van der Waals surface area contributed by atoms with Crippen molar-refractivity contribution in [3.8, 4) is 11.5 Å². The van der Waals surface area contributed by atoms with E-state index in [-0.39, 0.29) is 19.6 Å². The molecule has 10 nitrogen and oxygen atoms in total. The van der Waals surface area contributed by atoms with Crippen molar-refractivity contribution in [3.63, 3.8) is 0 Å². The molecule has 1 amide bonds. The Labute approximate surface area is 197 Å². The van der Waals surface area contributed by atoms with Crippen molar-refractivity contribution in [2.75, 3.05) is 6.26 Å². The zero-order chi connectivity index (χ0) is 24.8. The quantitative estimate of drug-likeness (QED) is 0.307. The van der Waals surface area contributed by atoms with Crippen LogP contribution in [0.1, 0.15) is 36.2 Å². The Hall–Kier alpha value is -3.44. The first kappa shape index (κ1) is 25.2. The fraction of sp³-hybridized carbons (Fsp3) is 0.348. The van der Waals surface area contributed by atoms with Crippen molar-refractivity contribution in [1.29, 1.82) is 0 Å². The molecule has 34 heavy (non-hydrogen) atoms. The van der Waals surface area contributed by atoms with E-state index in [1.54, 1.807) is 24.3 Å². The molecule has 11 heteroatoms. The number of rotatable bonds is 11. The number of hydroxylamine groups is 1. The number of carbonyl (C=O) groups is 1. The van der Waals surface area contributed by atoms with Gasteiger partial charge in [-0.3, -0.25) is 10.0 Å². The Balaban J connectivity index is 1.50. The molecule has 0 saturated carbocycles. The number of nitrogens with zero attached hydrogens (tertiary/aromatic N) is 2. The minimum atomic E-state index is -3.74. The van der Waals surface area contributed by atoms with Crippen molar-refractivity contribution in [2.45, 2.75) is 44.6 Å². The number of aromatic nitrogens is 2. The van der Waals surface area contributed by atoms with Gasteiger partial charge in [-0.05, 0) is 56.5 Å². The molecule has 1 heterocycles. The van der Waals surface area contributed by atoms with Crippen LogP contribution < -0.4 is 15.0 Å². The Morgan fingerprint density at radius 1 is 1.06 bits per heavy atom. The highest BCUT2D eigenvalue weighted by atomic mass is 32.2. The molecular formula is C23H27N3O7S. The van der Waals surface area contributed by atoms with Crippen LogP contribution >= 0.6 is 0 Å². The van der Waals surface area contributed by atoms with Crippen molar-refractivity contribution < 1.29 is 32.4 Å². The number of aryl methyl sites for hydroxylation is 2. The lowest BCUT2D eigenvalue weighted by Gasteiger charge is -2.25. The molecule has 2 aromatic carbocycles. The van der Waals surface area contributed by atoms with Crippen LogP contribution in [0.4, 0.5) is 0 Å². The zero-order valence-corrected chi connectivity index (χ0v) is 20.0. The van der Waals surface area contributed by atoms with Crippen molar-refractivity contribution in [3.05, 3.63) is 71.4 Å². The molecule has 3 aromatic rings. The molecule has 0 aliphatic rings. The van der Waals surface area contributed by atoms with Crippen LogP contribution in [0.2, 0.25) is 0 Å². The van der Waals surface area contributed by atoms with Crippen LogP contribution in [0.15, 0.2) is 53.1 Å². The molecule has 0 aliphatic heterocycles. The molecule has 0 saturated heterocycles. The maximum absolute atomic E-state index is 12.1. The maximum Gasteiger partial charge on any atom is 0.264 e. The monoisotopic (exact) mass is 489 g/mol. The number of hydrogen-bond acceptors (Lipinski definition) is 9. The average molecular weight is 490 g/mol. The molecule has 0 bridgehead atoms. The number of sulfone groups is 1. The third-order valence-electron chi connectivity index (χ3n) is 5.48. The van der Waals surface area contributed by atoms with Crippen LogP contribution in [-0.4, -0.2) is 40.7 Å². The van der Waals surface area contributed by atoms with E-state index in [0.29, 0.717) is 29.6 Å². The van der Waals surface area contributed by atoms with E-state index >= 15 is 0 Å². The van der Waals surface area contributed by atoms with Gasteiger partial charge in [-0.1, -0.05) is 35.0 Å². The zero-order valence-electron chi connectivity index (χ0n) is 19.1. The second-order valence-corrected chi connectivity index (χ2v) is 10.5. The fourth-order valence-electron chi connectivity index (χ4n) is 3.06. The third kappa shape index (κ3) is 6.33. The topological polar surface area (TPSA) is 141 Å². The molecule has 182 valence electrons. The first-order valence-electron chi connectivity index (χ1n) is 10.5. The van der Waals surface area contributed by atoms with Gasteiger partial charge in [0, 0.05) is 6.26 Å². The molecule has 1 aromatic heterocycles. The summed E-state index contributed by atoms with van der Waals surface area (Å²) in [4.78, 5) is 16.2.